The van der Waals surface area contributed by atoms with Crippen LogP contribution in [0, 0.1) is 5.82 Å². The molecule has 39 heavy (non-hydrogen) atoms. The first-order chi connectivity index (χ1) is 18.8. The van der Waals surface area contributed by atoms with Crippen molar-refractivity contribution in [2.45, 2.75) is 19.3 Å². The fourth-order valence-corrected chi connectivity index (χ4v) is 3.89. The first-order valence-electron chi connectivity index (χ1n) is 12.3. The summed E-state index contributed by atoms with van der Waals surface area (Å²) in [5, 5.41) is 0. The van der Waals surface area contributed by atoms with Crippen LogP contribution in [0.4, 0.5) is 4.39 Å². The molecule has 0 saturated heterocycles. The van der Waals surface area contributed by atoms with Gasteiger partial charge in [-0.3, -0.25) is 4.79 Å². The lowest BCUT2D eigenvalue weighted by molar-refractivity contribution is -0.138. The highest BCUT2D eigenvalue weighted by molar-refractivity contribution is 7.80. The first-order valence-corrected chi connectivity index (χ1v) is 12.9. The molecule has 0 aliphatic carbocycles. The molecule has 0 saturated carbocycles. The Morgan fingerprint density at radius 3 is 1.72 bits per heavy atom. The van der Waals surface area contributed by atoms with Gasteiger partial charge in [0.05, 0.1) is 19.6 Å². The van der Waals surface area contributed by atoms with Gasteiger partial charge in [-0.1, -0.05) is 61.7 Å². The Kier molecular flexibility index (Phi) is 11.1. The van der Waals surface area contributed by atoms with E-state index in [9.17, 15) is 14.4 Å². The lowest BCUT2D eigenvalue weighted by atomic mass is 9.96. The number of esters is 3. The molecule has 0 fully saturated rings. The number of thiol groups is 1. The van der Waals surface area contributed by atoms with Crippen LogP contribution in [0.25, 0.3) is 22.3 Å². The molecule has 0 N–H and O–H groups in total. The van der Waals surface area contributed by atoms with Crippen molar-refractivity contribution in [1.29, 1.82) is 0 Å². The van der Waals surface area contributed by atoms with E-state index in [0.717, 1.165) is 23.3 Å². The second-order valence-corrected chi connectivity index (χ2v) is 8.86. The van der Waals surface area contributed by atoms with Crippen molar-refractivity contribution in [2.24, 2.45) is 0 Å². The van der Waals surface area contributed by atoms with E-state index in [2.05, 4.69) is 25.8 Å². The molecule has 3 aromatic rings. The van der Waals surface area contributed by atoms with Crippen LogP contribution in [-0.2, 0) is 36.7 Å². The average molecular weight is 549 g/mol. The van der Waals surface area contributed by atoms with E-state index in [4.69, 9.17) is 14.2 Å². The molecular weight excluding hydrogens is 519 g/mol. The fourth-order valence-electron chi connectivity index (χ4n) is 3.71. The summed E-state index contributed by atoms with van der Waals surface area (Å²) in [4.78, 5) is 34.8. The highest BCUT2D eigenvalue weighted by Gasteiger charge is 2.17. The molecule has 6 nitrogen and oxygen atoms in total. The zero-order chi connectivity index (χ0) is 28.2. The molecule has 0 aliphatic rings. The number of hydrogen-bond donors (Lipinski definition) is 1. The number of hydrogen-bond acceptors (Lipinski definition) is 7. The number of halogens is 1. The number of carbonyl (C=O) groups is 3. The Labute approximate surface area is 232 Å². The van der Waals surface area contributed by atoms with Crippen LogP contribution >= 0.6 is 12.6 Å². The van der Waals surface area contributed by atoms with Crippen LogP contribution in [0.3, 0.4) is 0 Å². The van der Waals surface area contributed by atoms with Crippen molar-refractivity contribution in [2.75, 3.05) is 19.0 Å². The zero-order valence-electron chi connectivity index (χ0n) is 21.4. The molecule has 0 radical (unpaired) electrons. The predicted octanol–water partition coefficient (Wildman–Crippen LogP) is 5.93. The summed E-state index contributed by atoms with van der Waals surface area (Å²) in [6.07, 6.45) is 3.32. The fraction of sp³-hybridized carbons (Fsp3) is 0.194. The van der Waals surface area contributed by atoms with Gasteiger partial charge >= 0.3 is 17.9 Å². The molecular formula is C31H29FO6S. The number of carbonyl (C=O) groups excluding carboxylic acids is 3. The minimum absolute atomic E-state index is 0.1000. The molecule has 0 amide bonds. The maximum absolute atomic E-state index is 15.4. The summed E-state index contributed by atoms with van der Waals surface area (Å²) in [6.45, 7) is 7.14. The van der Waals surface area contributed by atoms with Gasteiger partial charge in [0.2, 0.25) is 0 Å². The number of benzene rings is 3. The third-order valence-corrected chi connectivity index (χ3v) is 5.97. The van der Waals surface area contributed by atoms with Gasteiger partial charge in [-0.25, -0.2) is 14.0 Å². The van der Waals surface area contributed by atoms with Gasteiger partial charge in [-0.05, 0) is 34.4 Å². The summed E-state index contributed by atoms with van der Waals surface area (Å²) in [5.74, 6) is -1.39. The Bertz CT molecular complexity index is 1330. The topological polar surface area (TPSA) is 78.9 Å². The smallest absolute Gasteiger partial charge is 0.330 e. The van der Waals surface area contributed by atoms with Crippen molar-refractivity contribution in [3.63, 3.8) is 0 Å². The monoisotopic (exact) mass is 548 g/mol. The van der Waals surface area contributed by atoms with E-state index in [1.54, 1.807) is 24.3 Å². The van der Waals surface area contributed by atoms with Gasteiger partial charge in [-0.2, -0.15) is 12.6 Å². The summed E-state index contributed by atoms with van der Waals surface area (Å²) in [6, 6.07) is 17.3. The minimum atomic E-state index is -0.488. The highest BCUT2D eigenvalue weighted by atomic mass is 32.1. The number of rotatable bonds is 13. The Morgan fingerprint density at radius 1 is 0.769 bits per heavy atom. The van der Waals surface area contributed by atoms with Gasteiger partial charge in [-0.15, -0.1) is 0 Å². The van der Waals surface area contributed by atoms with Crippen molar-refractivity contribution in [3.8, 4) is 28.0 Å². The summed E-state index contributed by atoms with van der Waals surface area (Å²) >= 11 is 4.09. The van der Waals surface area contributed by atoms with Crippen LogP contribution in [0.2, 0.25) is 0 Å². The lowest BCUT2D eigenvalue weighted by Gasteiger charge is -2.14. The summed E-state index contributed by atoms with van der Waals surface area (Å²) in [7, 11) is 0. The molecule has 3 rings (SSSR count). The second kappa shape index (κ2) is 14.7. The third-order valence-electron chi connectivity index (χ3n) is 5.74. The molecule has 0 aromatic heterocycles. The van der Waals surface area contributed by atoms with Gasteiger partial charge < -0.3 is 14.2 Å². The minimum Gasteiger partial charge on any atom is -0.462 e. The maximum atomic E-state index is 15.4. The lowest BCUT2D eigenvalue weighted by Crippen LogP contribution is -2.09. The zero-order valence-corrected chi connectivity index (χ0v) is 22.3. The SMILES string of the molecule is C=CC(=O)OCCc1ccc(-c2cc(OC(=O)CCS)c(-c3ccc(CCOC(=O)C=C)cc3)cc2F)cc1. The van der Waals surface area contributed by atoms with Crippen LogP contribution in [-0.4, -0.2) is 36.9 Å². The maximum Gasteiger partial charge on any atom is 0.330 e. The predicted molar refractivity (Wildman–Crippen MR) is 151 cm³/mol. The third kappa shape index (κ3) is 8.68. The quantitative estimate of drug-likeness (QED) is 0.124. The molecule has 0 heterocycles. The molecule has 3 aromatic carbocycles. The van der Waals surface area contributed by atoms with E-state index in [1.807, 2.05) is 24.3 Å². The molecule has 202 valence electrons. The van der Waals surface area contributed by atoms with Gasteiger partial charge in [0.1, 0.15) is 11.6 Å². The van der Waals surface area contributed by atoms with Crippen molar-refractivity contribution in [3.05, 3.63) is 103 Å². The molecule has 0 spiro atoms. The normalized spacial score (nSPS) is 10.4. The molecule has 0 atom stereocenters. The van der Waals surface area contributed by atoms with E-state index in [1.165, 1.54) is 12.1 Å². The average Bonchev–Trinajstić information content (AvgIpc) is 2.94. The van der Waals surface area contributed by atoms with E-state index in [-0.39, 0.29) is 30.9 Å². The van der Waals surface area contributed by atoms with Gasteiger partial charge in [0.15, 0.2) is 0 Å². The molecule has 0 aliphatic heterocycles. The summed E-state index contributed by atoms with van der Waals surface area (Å²) in [5.41, 5.74) is 3.78. The van der Waals surface area contributed by atoms with Crippen LogP contribution < -0.4 is 4.74 Å². The van der Waals surface area contributed by atoms with E-state index >= 15 is 4.39 Å². The summed E-state index contributed by atoms with van der Waals surface area (Å²) < 4.78 is 31.0. The molecule has 8 heteroatoms. The van der Waals surface area contributed by atoms with E-state index in [0.29, 0.717) is 35.3 Å². The van der Waals surface area contributed by atoms with E-state index < -0.39 is 23.7 Å². The van der Waals surface area contributed by atoms with Gasteiger partial charge in [0, 0.05) is 41.9 Å². The number of ether oxygens (including phenoxy) is 3. The highest BCUT2D eigenvalue weighted by Crippen LogP contribution is 2.37. The van der Waals surface area contributed by atoms with Crippen molar-refractivity contribution < 1.29 is 33.0 Å². The van der Waals surface area contributed by atoms with Crippen LogP contribution in [0.15, 0.2) is 86.0 Å². The van der Waals surface area contributed by atoms with Crippen LogP contribution in [0.5, 0.6) is 5.75 Å². The standard InChI is InChI=1S/C31H29FO6S/c1-3-29(33)36-16-13-21-5-9-23(10-6-21)25-20-28(38-31(35)15-18-39)26(19-27(25)32)24-11-7-22(8-12-24)14-17-37-30(34)4-2/h3-12,19-20,39H,1-2,13-18H2. The Hall–Kier alpha value is -4.17. The Balaban J connectivity index is 1.85. The second-order valence-electron chi connectivity index (χ2n) is 8.41. The largest absolute Gasteiger partial charge is 0.462 e. The van der Waals surface area contributed by atoms with Crippen molar-refractivity contribution >= 4 is 30.5 Å². The van der Waals surface area contributed by atoms with Crippen LogP contribution in [0.1, 0.15) is 17.5 Å². The molecule has 0 bridgehead atoms. The molecule has 0 unspecified atom stereocenters. The van der Waals surface area contributed by atoms with Gasteiger partial charge in [0.25, 0.3) is 0 Å². The Morgan fingerprint density at radius 2 is 1.26 bits per heavy atom. The van der Waals surface area contributed by atoms with Crippen molar-refractivity contribution in [1.82, 2.24) is 0 Å². The first kappa shape index (κ1) is 29.4.